The number of H-pyrrole nitrogens is 1. The van der Waals surface area contributed by atoms with Crippen LogP contribution in [0.3, 0.4) is 0 Å². The molecule has 2 heterocycles. The van der Waals surface area contributed by atoms with Crippen LogP contribution in [0.5, 0.6) is 11.5 Å². The lowest BCUT2D eigenvalue weighted by Gasteiger charge is -2.35. The molecule has 1 aliphatic rings. The van der Waals surface area contributed by atoms with Crippen LogP contribution in [-0.4, -0.2) is 29.6 Å². The van der Waals surface area contributed by atoms with Crippen molar-refractivity contribution in [2.75, 3.05) is 6.61 Å². The molecule has 0 amide bonds. The van der Waals surface area contributed by atoms with Crippen LogP contribution < -0.4 is 9.39 Å². The van der Waals surface area contributed by atoms with E-state index < -0.39 is 0 Å². The molecule has 0 saturated carbocycles. The molecule has 0 unspecified atom stereocenters. The van der Waals surface area contributed by atoms with Gasteiger partial charge in [-0.15, -0.1) is 0 Å². The average molecular weight is 581 g/mol. The van der Waals surface area contributed by atoms with Crippen molar-refractivity contribution in [3.05, 3.63) is 100 Å². The SMILES string of the molecule is CCCCCCCCOc1ccc(/C(=C2\C(C)=CC(C)(C)N2BOc2ccc(C(C)(C)C)cc2)c2[nH]c(C)cc2C)cc1. The first kappa shape index (κ1) is 32.6. The molecule has 1 aliphatic heterocycles. The highest BCUT2D eigenvalue weighted by Crippen LogP contribution is 2.42. The Kier molecular flexibility index (Phi) is 10.6. The molecule has 230 valence electrons. The van der Waals surface area contributed by atoms with Crippen molar-refractivity contribution < 1.29 is 9.39 Å². The summed E-state index contributed by atoms with van der Waals surface area (Å²) >= 11 is 0. The number of nitrogens with one attached hydrogen (secondary N) is 1. The molecule has 1 aromatic heterocycles. The Morgan fingerprint density at radius 2 is 1.49 bits per heavy atom. The van der Waals surface area contributed by atoms with Crippen molar-refractivity contribution in [2.45, 2.75) is 112 Å². The Bertz CT molecular complexity index is 1410. The molecule has 2 aromatic carbocycles. The molecule has 0 atom stereocenters. The molecular formula is C38H53BN2O2. The van der Waals surface area contributed by atoms with Crippen molar-refractivity contribution in [1.29, 1.82) is 0 Å². The van der Waals surface area contributed by atoms with E-state index in [0.717, 1.165) is 41.5 Å². The second-order valence-electron chi connectivity index (χ2n) is 13.8. The second-order valence-corrected chi connectivity index (χ2v) is 13.8. The van der Waals surface area contributed by atoms with Crippen molar-refractivity contribution in [1.82, 2.24) is 9.79 Å². The van der Waals surface area contributed by atoms with Crippen LogP contribution in [0.2, 0.25) is 0 Å². The van der Waals surface area contributed by atoms with Gasteiger partial charge in [0.25, 0.3) is 0 Å². The highest BCUT2D eigenvalue weighted by Gasteiger charge is 2.37. The van der Waals surface area contributed by atoms with Gasteiger partial charge in [-0.2, -0.15) is 0 Å². The number of ether oxygens (including phenoxy) is 1. The summed E-state index contributed by atoms with van der Waals surface area (Å²) in [5.74, 6) is 1.81. The van der Waals surface area contributed by atoms with Gasteiger partial charge in [0.05, 0.1) is 18.1 Å². The Hall–Kier alpha value is -3.34. The summed E-state index contributed by atoms with van der Waals surface area (Å²) < 4.78 is 12.6. The van der Waals surface area contributed by atoms with Gasteiger partial charge in [0.1, 0.15) is 5.75 Å². The van der Waals surface area contributed by atoms with E-state index in [1.807, 2.05) is 0 Å². The number of aromatic nitrogens is 1. The third-order valence-electron chi connectivity index (χ3n) is 8.54. The van der Waals surface area contributed by atoms with Crippen molar-refractivity contribution >= 4 is 13.2 Å². The van der Waals surface area contributed by atoms with Gasteiger partial charge < -0.3 is 19.2 Å². The van der Waals surface area contributed by atoms with E-state index in [1.165, 1.54) is 60.1 Å². The topological polar surface area (TPSA) is 37.5 Å². The largest absolute Gasteiger partial charge is 0.544 e. The Labute approximate surface area is 261 Å². The zero-order valence-electron chi connectivity index (χ0n) is 28.2. The standard InChI is InChI=1S/C38H53BN2O2/c1-10-11-12-13-14-15-24-42-32-20-16-30(17-21-32)34(35-27(2)25-29(4)40-35)36-28(3)26-38(8,9)41(36)39-43-33-22-18-31(19-23-33)37(5,6)7/h16-23,25-26,39-40H,10-15,24H2,1-9H3/b36-34-. The molecule has 43 heavy (non-hydrogen) atoms. The van der Waals surface area contributed by atoms with Crippen LogP contribution in [0.4, 0.5) is 0 Å². The minimum absolute atomic E-state index is 0.113. The van der Waals surface area contributed by atoms with E-state index in [1.54, 1.807) is 0 Å². The zero-order valence-corrected chi connectivity index (χ0v) is 28.2. The van der Waals surface area contributed by atoms with Gasteiger partial charge in [-0.1, -0.05) is 90.1 Å². The van der Waals surface area contributed by atoms with Crippen LogP contribution in [0.1, 0.15) is 115 Å². The van der Waals surface area contributed by atoms with E-state index in [4.69, 9.17) is 9.39 Å². The maximum atomic E-state index is 6.46. The smallest absolute Gasteiger partial charge is 0.464 e. The average Bonchev–Trinajstić information content (AvgIpc) is 3.40. The zero-order chi connectivity index (χ0) is 31.2. The molecule has 0 radical (unpaired) electrons. The fourth-order valence-electron chi connectivity index (χ4n) is 6.11. The van der Waals surface area contributed by atoms with Crippen LogP contribution in [0.15, 0.2) is 71.9 Å². The minimum atomic E-state index is -0.203. The lowest BCUT2D eigenvalue weighted by molar-refractivity contribution is 0.304. The first-order valence-electron chi connectivity index (χ1n) is 16.3. The van der Waals surface area contributed by atoms with Gasteiger partial charge >= 0.3 is 7.62 Å². The first-order valence-corrected chi connectivity index (χ1v) is 16.3. The number of nitrogens with zero attached hydrogens (tertiary/aromatic N) is 1. The maximum Gasteiger partial charge on any atom is 0.464 e. The summed E-state index contributed by atoms with van der Waals surface area (Å²) in [6, 6.07) is 19.4. The summed E-state index contributed by atoms with van der Waals surface area (Å²) in [6.07, 6.45) is 9.95. The van der Waals surface area contributed by atoms with Crippen LogP contribution in [-0.2, 0) is 5.41 Å². The highest BCUT2D eigenvalue weighted by molar-refractivity contribution is 6.27. The van der Waals surface area contributed by atoms with Gasteiger partial charge in [0, 0.05) is 22.5 Å². The Morgan fingerprint density at radius 1 is 0.860 bits per heavy atom. The Balaban J connectivity index is 1.62. The number of hydrogen-bond acceptors (Lipinski definition) is 3. The summed E-state index contributed by atoms with van der Waals surface area (Å²) in [5, 5.41) is 0. The molecule has 4 rings (SSSR count). The molecule has 0 aliphatic carbocycles. The number of aromatic amines is 1. The van der Waals surface area contributed by atoms with E-state index in [9.17, 15) is 0 Å². The molecule has 0 bridgehead atoms. The van der Waals surface area contributed by atoms with E-state index in [2.05, 4.69) is 133 Å². The van der Waals surface area contributed by atoms with Crippen molar-refractivity contribution in [3.63, 3.8) is 0 Å². The van der Waals surface area contributed by atoms with Crippen LogP contribution >= 0.6 is 0 Å². The molecule has 0 spiro atoms. The fraction of sp³-hybridized carbons (Fsp3) is 0.474. The first-order chi connectivity index (χ1) is 20.4. The number of rotatable bonds is 13. The molecule has 3 aromatic rings. The molecular weight excluding hydrogens is 527 g/mol. The van der Waals surface area contributed by atoms with Gasteiger partial charge in [-0.25, -0.2) is 0 Å². The van der Waals surface area contributed by atoms with E-state index >= 15 is 0 Å². The number of aryl methyl sites for hydroxylation is 2. The third-order valence-corrected chi connectivity index (χ3v) is 8.54. The van der Waals surface area contributed by atoms with Crippen molar-refractivity contribution in [3.8, 4) is 11.5 Å². The lowest BCUT2D eigenvalue weighted by atomic mass is 9.87. The predicted octanol–water partition coefficient (Wildman–Crippen LogP) is 9.81. The van der Waals surface area contributed by atoms with E-state index in [-0.39, 0.29) is 11.0 Å². The van der Waals surface area contributed by atoms with Gasteiger partial charge in [-0.05, 0) is 99.0 Å². The monoisotopic (exact) mass is 580 g/mol. The summed E-state index contributed by atoms with van der Waals surface area (Å²) in [4.78, 5) is 6.07. The van der Waals surface area contributed by atoms with Gasteiger partial charge in [0.2, 0.25) is 0 Å². The normalized spacial score (nSPS) is 15.8. The Morgan fingerprint density at radius 3 is 2.09 bits per heavy atom. The predicted molar refractivity (Wildman–Crippen MR) is 184 cm³/mol. The molecule has 5 heteroatoms. The van der Waals surface area contributed by atoms with Gasteiger partial charge in [-0.3, -0.25) is 0 Å². The minimum Gasteiger partial charge on any atom is -0.544 e. The van der Waals surface area contributed by atoms with Crippen LogP contribution in [0, 0.1) is 13.8 Å². The number of unbranched alkanes of at least 4 members (excludes halogenated alkanes) is 5. The molecule has 0 fully saturated rings. The highest BCUT2D eigenvalue weighted by atomic mass is 16.5. The molecule has 4 nitrogen and oxygen atoms in total. The lowest BCUT2D eigenvalue weighted by Crippen LogP contribution is -2.43. The quantitative estimate of drug-likeness (QED) is 0.162. The number of benzene rings is 2. The number of allylic oxidation sites excluding steroid dienone is 1. The third kappa shape index (κ3) is 8.19. The fourth-order valence-corrected chi connectivity index (χ4v) is 6.11. The van der Waals surface area contributed by atoms with E-state index in [0.29, 0.717) is 7.62 Å². The maximum absolute atomic E-state index is 6.46. The summed E-state index contributed by atoms with van der Waals surface area (Å²) in [7, 11) is 0.451. The summed E-state index contributed by atoms with van der Waals surface area (Å²) in [5.41, 5.74) is 9.56. The van der Waals surface area contributed by atoms with Crippen LogP contribution in [0.25, 0.3) is 5.57 Å². The molecule has 1 N–H and O–H groups in total. The second kappa shape index (κ2) is 14.0. The summed E-state index contributed by atoms with van der Waals surface area (Å²) in [6.45, 7) is 20.8. The van der Waals surface area contributed by atoms with Crippen molar-refractivity contribution in [2.24, 2.45) is 0 Å². The van der Waals surface area contributed by atoms with Gasteiger partial charge in [0.15, 0.2) is 0 Å². The number of hydrogen-bond donors (Lipinski definition) is 1. The molecule has 0 saturated heterocycles.